The lowest BCUT2D eigenvalue weighted by Crippen LogP contribution is -2.32. The number of anilines is 1. The molecule has 0 aliphatic heterocycles. The summed E-state index contributed by atoms with van der Waals surface area (Å²) in [7, 11) is -0.988. The maximum absolute atomic E-state index is 12.0. The molecule has 2 aromatic rings. The van der Waals surface area contributed by atoms with Crippen molar-refractivity contribution < 1.29 is 9.00 Å². The molecule has 0 unspecified atom stereocenters. The van der Waals surface area contributed by atoms with Crippen LogP contribution in [0.5, 0.6) is 0 Å². The summed E-state index contributed by atoms with van der Waals surface area (Å²) in [5.41, 5.74) is 5.13. The molecule has 24 heavy (non-hydrogen) atoms. The maximum atomic E-state index is 12.0. The molecule has 128 valence electrons. The average Bonchev–Trinajstić information content (AvgIpc) is 2.52. The molecule has 2 N–H and O–H groups in total. The lowest BCUT2D eigenvalue weighted by Gasteiger charge is -2.13. The number of benzene rings is 2. The van der Waals surface area contributed by atoms with Crippen LogP contribution in [0.25, 0.3) is 0 Å². The smallest absolute Gasteiger partial charge is 0.319 e. The minimum Gasteiger partial charge on any atom is -0.337 e. The Balaban J connectivity index is 1.78. The summed E-state index contributed by atoms with van der Waals surface area (Å²) in [5, 5.41) is 5.65. The van der Waals surface area contributed by atoms with E-state index in [9.17, 15) is 9.00 Å². The van der Waals surface area contributed by atoms with Gasteiger partial charge in [0.1, 0.15) is 0 Å². The second-order valence-corrected chi connectivity index (χ2v) is 7.51. The van der Waals surface area contributed by atoms with E-state index in [1.54, 1.807) is 0 Å². The number of carbonyl (C=O) groups excluding carboxylic acids is 1. The standard InChI is InChI=1S/C19H24N2O2S/c1-14-11-15(2)18(16(3)12-14)21-19(22)20-9-10-24(23)13-17-7-5-4-6-8-17/h4-8,11-12H,9-10,13H2,1-3H3,(H2,20,21,22)/t24-/m0/s1. The SMILES string of the molecule is Cc1cc(C)c(NC(=O)NCC[S@](=O)Cc2ccccc2)c(C)c1. The Morgan fingerprint density at radius 3 is 2.29 bits per heavy atom. The van der Waals surface area contributed by atoms with Gasteiger partial charge >= 0.3 is 6.03 Å². The van der Waals surface area contributed by atoms with Crippen molar-refractivity contribution in [2.75, 3.05) is 17.6 Å². The number of carbonyl (C=O) groups is 1. The van der Waals surface area contributed by atoms with E-state index in [1.807, 2.05) is 63.2 Å². The highest BCUT2D eigenvalue weighted by molar-refractivity contribution is 7.84. The van der Waals surface area contributed by atoms with Crippen molar-refractivity contribution in [3.63, 3.8) is 0 Å². The van der Waals surface area contributed by atoms with Gasteiger partial charge in [-0.2, -0.15) is 0 Å². The van der Waals surface area contributed by atoms with Crippen LogP contribution in [0.2, 0.25) is 0 Å². The van der Waals surface area contributed by atoms with E-state index in [-0.39, 0.29) is 6.03 Å². The Bertz CT molecular complexity index is 706. The molecule has 0 spiro atoms. The van der Waals surface area contributed by atoms with Crippen LogP contribution in [-0.4, -0.2) is 22.5 Å². The highest BCUT2D eigenvalue weighted by Gasteiger charge is 2.08. The van der Waals surface area contributed by atoms with Crippen LogP contribution in [0.4, 0.5) is 10.5 Å². The third-order valence-corrected chi connectivity index (χ3v) is 5.02. The number of hydrogen-bond acceptors (Lipinski definition) is 2. The van der Waals surface area contributed by atoms with E-state index in [1.165, 1.54) is 5.56 Å². The van der Waals surface area contributed by atoms with Gasteiger partial charge in [0, 0.05) is 34.5 Å². The summed E-state index contributed by atoms with van der Waals surface area (Å²) < 4.78 is 12.0. The Morgan fingerprint density at radius 2 is 1.67 bits per heavy atom. The third-order valence-electron chi connectivity index (χ3n) is 3.70. The van der Waals surface area contributed by atoms with Gasteiger partial charge < -0.3 is 10.6 Å². The van der Waals surface area contributed by atoms with E-state index in [4.69, 9.17) is 0 Å². The summed E-state index contributed by atoms with van der Waals surface area (Å²) >= 11 is 0. The van der Waals surface area contributed by atoms with E-state index in [0.29, 0.717) is 18.1 Å². The first kappa shape index (κ1) is 18.2. The van der Waals surface area contributed by atoms with Crippen LogP contribution in [0.15, 0.2) is 42.5 Å². The molecule has 0 saturated carbocycles. The first-order chi connectivity index (χ1) is 11.5. The first-order valence-electron chi connectivity index (χ1n) is 7.97. The zero-order valence-corrected chi connectivity index (χ0v) is 15.2. The predicted octanol–water partition coefficient (Wildman–Crippen LogP) is 3.68. The number of urea groups is 1. The molecule has 0 saturated heterocycles. The summed E-state index contributed by atoms with van der Waals surface area (Å²) in [6.07, 6.45) is 0. The summed E-state index contributed by atoms with van der Waals surface area (Å²) in [4.78, 5) is 12.0. The number of hydrogen-bond donors (Lipinski definition) is 2. The first-order valence-corrected chi connectivity index (χ1v) is 9.46. The normalized spacial score (nSPS) is 11.8. The molecule has 5 heteroatoms. The van der Waals surface area contributed by atoms with Gasteiger partial charge in [-0.15, -0.1) is 0 Å². The van der Waals surface area contributed by atoms with Gasteiger partial charge in [-0.3, -0.25) is 4.21 Å². The average molecular weight is 344 g/mol. The van der Waals surface area contributed by atoms with Crippen molar-refractivity contribution in [2.24, 2.45) is 0 Å². The van der Waals surface area contributed by atoms with Crippen LogP contribution in [0.3, 0.4) is 0 Å². The number of nitrogens with one attached hydrogen (secondary N) is 2. The molecular formula is C19H24N2O2S. The highest BCUT2D eigenvalue weighted by Crippen LogP contribution is 2.21. The van der Waals surface area contributed by atoms with Gasteiger partial charge in [-0.05, 0) is 37.5 Å². The second kappa shape index (κ2) is 8.64. The zero-order valence-electron chi connectivity index (χ0n) is 14.4. The number of aryl methyl sites for hydroxylation is 3. The molecule has 2 aromatic carbocycles. The van der Waals surface area contributed by atoms with E-state index < -0.39 is 10.8 Å². The van der Waals surface area contributed by atoms with E-state index in [2.05, 4.69) is 10.6 Å². The predicted molar refractivity (Wildman–Crippen MR) is 101 cm³/mol. The Morgan fingerprint density at radius 1 is 1.04 bits per heavy atom. The fourth-order valence-electron chi connectivity index (χ4n) is 2.65. The van der Waals surface area contributed by atoms with Crippen LogP contribution in [0.1, 0.15) is 22.3 Å². The van der Waals surface area contributed by atoms with Crippen molar-refractivity contribution in [2.45, 2.75) is 26.5 Å². The topological polar surface area (TPSA) is 58.2 Å². The Labute approximate surface area is 146 Å². The van der Waals surface area contributed by atoms with Crippen LogP contribution >= 0.6 is 0 Å². The largest absolute Gasteiger partial charge is 0.337 e. The van der Waals surface area contributed by atoms with Crippen LogP contribution in [-0.2, 0) is 16.6 Å². The molecule has 0 aliphatic carbocycles. The van der Waals surface area contributed by atoms with E-state index in [0.717, 1.165) is 22.4 Å². The summed E-state index contributed by atoms with van der Waals surface area (Å²) in [6.45, 7) is 6.37. The van der Waals surface area contributed by atoms with Crippen molar-refractivity contribution in [1.29, 1.82) is 0 Å². The van der Waals surface area contributed by atoms with Gasteiger partial charge in [0.05, 0.1) is 0 Å². The van der Waals surface area contributed by atoms with Crippen molar-refractivity contribution in [3.8, 4) is 0 Å². The van der Waals surface area contributed by atoms with Crippen LogP contribution < -0.4 is 10.6 Å². The molecule has 0 aromatic heterocycles. The zero-order chi connectivity index (χ0) is 17.5. The Hall–Kier alpha value is -2.14. The van der Waals surface area contributed by atoms with Gasteiger partial charge in [0.25, 0.3) is 0 Å². The Kier molecular flexibility index (Phi) is 6.55. The molecule has 1 atom stereocenters. The molecule has 0 bridgehead atoms. The number of amides is 2. The maximum Gasteiger partial charge on any atom is 0.319 e. The minimum absolute atomic E-state index is 0.262. The van der Waals surface area contributed by atoms with Gasteiger partial charge in [-0.25, -0.2) is 4.79 Å². The van der Waals surface area contributed by atoms with Crippen molar-refractivity contribution >= 4 is 22.5 Å². The monoisotopic (exact) mass is 344 g/mol. The van der Waals surface area contributed by atoms with Crippen LogP contribution in [0, 0.1) is 20.8 Å². The molecule has 0 aliphatic rings. The second-order valence-electron chi connectivity index (χ2n) is 5.93. The quantitative estimate of drug-likeness (QED) is 0.840. The number of rotatable bonds is 6. The highest BCUT2D eigenvalue weighted by atomic mass is 32.2. The summed E-state index contributed by atoms with van der Waals surface area (Å²) in [6, 6.07) is 13.5. The van der Waals surface area contributed by atoms with Gasteiger partial charge in [0.15, 0.2) is 0 Å². The molecular weight excluding hydrogens is 320 g/mol. The minimum atomic E-state index is -0.988. The lowest BCUT2D eigenvalue weighted by atomic mass is 10.1. The molecule has 4 nitrogen and oxygen atoms in total. The van der Waals surface area contributed by atoms with E-state index >= 15 is 0 Å². The van der Waals surface area contributed by atoms with Gasteiger partial charge in [0.2, 0.25) is 0 Å². The fourth-order valence-corrected chi connectivity index (χ4v) is 3.68. The van der Waals surface area contributed by atoms with Crippen molar-refractivity contribution in [3.05, 3.63) is 64.7 Å². The molecule has 0 radical (unpaired) electrons. The van der Waals surface area contributed by atoms with Gasteiger partial charge in [-0.1, -0.05) is 48.0 Å². The molecule has 2 amide bonds. The lowest BCUT2D eigenvalue weighted by molar-refractivity contribution is 0.252. The summed E-state index contributed by atoms with van der Waals surface area (Å²) in [5.74, 6) is 0.953. The third kappa shape index (κ3) is 5.49. The molecule has 0 fully saturated rings. The fraction of sp³-hybridized carbons (Fsp3) is 0.316. The molecule has 0 heterocycles. The van der Waals surface area contributed by atoms with Crippen molar-refractivity contribution in [1.82, 2.24) is 5.32 Å². The molecule has 2 rings (SSSR count).